The Morgan fingerprint density at radius 2 is 2.00 bits per heavy atom. The Kier molecular flexibility index (Phi) is 3.69. The van der Waals surface area contributed by atoms with E-state index in [1.54, 1.807) is 12.4 Å². The van der Waals surface area contributed by atoms with Crippen LogP contribution in [-0.2, 0) is 11.2 Å². The van der Waals surface area contributed by atoms with E-state index < -0.39 is 0 Å². The zero-order chi connectivity index (χ0) is 14.7. The molecule has 0 saturated carbocycles. The van der Waals surface area contributed by atoms with Gasteiger partial charge in [-0.25, -0.2) is 0 Å². The second-order valence-corrected chi connectivity index (χ2v) is 5.11. The quantitative estimate of drug-likeness (QED) is 0.771. The summed E-state index contributed by atoms with van der Waals surface area (Å²) in [5, 5.41) is 4.12. The molecule has 2 N–H and O–H groups in total. The van der Waals surface area contributed by atoms with Gasteiger partial charge in [-0.15, -0.1) is 0 Å². The molecule has 0 saturated heterocycles. The van der Waals surface area contributed by atoms with E-state index in [2.05, 4.69) is 15.3 Å². The maximum atomic E-state index is 12.2. The Morgan fingerprint density at radius 1 is 1.24 bits per heavy atom. The summed E-state index contributed by atoms with van der Waals surface area (Å²) in [5.41, 5.74) is 3.13. The Balaban J connectivity index is 1.69. The first-order valence-corrected chi connectivity index (χ1v) is 6.98. The molecule has 106 valence electrons. The van der Waals surface area contributed by atoms with Crippen LogP contribution >= 0.6 is 0 Å². The summed E-state index contributed by atoms with van der Waals surface area (Å²) in [6, 6.07) is 11.8. The molecule has 0 aliphatic rings. The summed E-state index contributed by atoms with van der Waals surface area (Å²) in [6.45, 7) is 1.97. The summed E-state index contributed by atoms with van der Waals surface area (Å²) >= 11 is 0. The lowest BCUT2D eigenvalue weighted by molar-refractivity contribution is -0.121. The molecule has 0 spiro atoms. The van der Waals surface area contributed by atoms with Gasteiger partial charge in [0.1, 0.15) is 0 Å². The highest BCUT2D eigenvalue weighted by Crippen LogP contribution is 2.18. The molecule has 0 bridgehead atoms. The summed E-state index contributed by atoms with van der Waals surface area (Å²) < 4.78 is 0. The third-order valence-electron chi connectivity index (χ3n) is 3.61. The first kappa shape index (κ1) is 13.4. The van der Waals surface area contributed by atoms with E-state index >= 15 is 0 Å². The number of H-pyrrole nitrogens is 1. The first-order valence-electron chi connectivity index (χ1n) is 6.98. The van der Waals surface area contributed by atoms with Crippen molar-refractivity contribution in [3.05, 3.63) is 66.1 Å². The Hall–Kier alpha value is -2.62. The molecule has 0 radical (unpaired) electrons. The zero-order valence-electron chi connectivity index (χ0n) is 11.8. The standard InChI is InChI=1S/C17H17N3O/c1-12(13-6-8-18-9-7-13)20-17(21)10-14-11-19-16-5-3-2-4-15(14)16/h2-9,11-12,19H,10H2,1H3,(H,20,21)/t12-/m0/s1. The number of nitrogens with zero attached hydrogens (tertiary/aromatic N) is 1. The number of aromatic nitrogens is 2. The lowest BCUT2D eigenvalue weighted by Gasteiger charge is -2.13. The Bertz CT molecular complexity index is 749. The highest BCUT2D eigenvalue weighted by Gasteiger charge is 2.12. The Morgan fingerprint density at radius 3 is 2.81 bits per heavy atom. The first-order chi connectivity index (χ1) is 10.2. The number of nitrogens with one attached hydrogen (secondary N) is 2. The molecule has 0 aliphatic heterocycles. The topological polar surface area (TPSA) is 57.8 Å². The summed E-state index contributed by atoms with van der Waals surface area (Å²) in [7, 11) is 0. The van der Waals surface area contributed by atoms with Gasteiger partial charge >= 0.3 is 0 Å². The third-order valence-corrected chi connectivity index (χ3v) is 3.61. The lowest BCUT2D eigenvalue weighted by atomic mass is 10.1. The van der Waals surface area contributed by atoms with Crippen LogP contribution in [0.15, 0.2) is 55.0 Å². The van der Waals surface area contributed by atoms with Crippen LogP contribution in [0.3, 0.4) is 0 Å². The number of aromatic amines is 1. The molecule has 0 unspecified atom stereocenters. The number of carbonyl (C=O) groups excluding carboxylic acids is 1. The van der Waals surface area contributed by atoms with E-state index in [0.717, 1.165) is 22.0 Å². The normalized spacial score (nSPS) is 12.2. The number of rotatable bonds is 4. The molecular formula is C17H17N3O. The summed E-state index contributed by atoms with van der Waals surface area (Å²) in [6.07, 6.45) is 5.75. The van der Waals surface area contributed by atoms with Gasteiger partial charge in [0.25, 0.3) is 0 Å². The monoisotopic (exact) mass is 279 g/mol. The largest absolute Gasteiger partial charge is 0.361 e. The smallest absolute Gasteiger partial charge is 0.224 e. The van der Waals surface area contributed by atoms with Gasteiger partial charge < -0.3 is 10.3 Å². The molecule has 4 heteroatoms. The van der Waals surface area contributed by atoms with Crippen molar-refractivity contribution in [1.29, 1.82) is 0 Å². The van der Waals surface area contributed by atoms with Crippen molar-refractivity contribution in [3.63, 3.8) is 0 Å². The number of para-hydroxylation sites is 1. The van der Waals surface area contributed by atoms with Gasteiger partial charge in [0.15, 0.2) is 0 Å². The van der Waals surface area contributed by atoms with Gasteiger partial charge in [0.2, 0.25) is 5.91 Å². The van der Waals surface area contributed by atoms with Crippen molar-refractivity contribution < 1.29 is 4.79 Å². The maximum Gasteiger partial charge on any atom is 0.224 e. The van der Waals surface area contributed by atoms with E-state index in [1.807, 2.05) is 49.5 Å². The van der Waals surface area contributed by atoms with Gasteiger partial charge in [0.05, 0.1) is 12.5 Å². The summed E-state index contributed by atoms with van der Waals surface area (Å²) in [4.78, 5) is 19.4. The molecule has 21 heavy (non-hydrogen) atoms. The van der Waals surface area contributed by atoms with Crippen molar-refractivity contribution in [2.75, 3.05) is 0 Å². The SMILES string of the molecule is C[C@H](NC(=O)Cc1c[nH]c2ccccc12)c1ccncc1. The highest BCUT2D eigenvalue weighted by atomic mass is 16.1. The van der Waals surface area contributed by atoms with Crippen LogP contribution in [0.2, 0.25) is 0 Å². The molecule has 3 aromatic rings. The van der Waals surface area contributed by atoms with Crippen LogP contribution in [0, 0.1) is 0 Å². The van der Waals surface area contributed by atoms with Crippen LogP contribution < -0.4 is 5.32 Å². The average molecular weight is 279 g/mol. The minimum Gasteiger partial charge on any atom is -0.361 e. The molecule has 2 heterocycles. The number of carbonyl (C=O) groups is 1. The molecule has 4 nitrogen and oxygen atoms in total. The minimum absolute atomic E-state index is 0.0177. The van der Waals surface area contributed by atoms with E-state index in [0.29, 0.717) is 6.42 Å². The molecule has 1 amide bonds. The maximum absolute atomic E-state index is 12.2. The highest BCUT2D eigenvalue weighted by molar-refractivity contribution is 5.88. The average Bonchev–Trinajstić information content (AvgIpc) is 2.91. The molecule has 3 rings (SSSR count). The number of hydrogen-bond acceptors (Lipinski definition) is 2. The predicted octanol–water partition coefficient (Wildman–Crippen LogP) is 2.98. The van der Waals surface area contributed by atoms with Gasteiger partial charge in [-0.3, -0.25) is 9.78 Å². The van der Waals surface area contributed by atoms with E-state index in [4.69, 9.17) is 0 Å². The minimum atomic E-state index is -0.0225. The van der Waals surface area contributed by atoms with E-state index in [1.165, 1.54) is 0 Å². The summed E-state index contributed by atoms with van der Waals surface area (Å²) in [5.74, 6) is 0.0177. The number of benzene rings is 1. The fourth-order valence-corrected chi connectivity index (χ4v) is 2.48. The van der Waals surface area contributed by atoms with Crippen LogP contribution in [0.5, 0.6) is 0 Å². The van der Waals surface area contributed by atoms with Crippen molar-refractivity contribution >= 4 is 16.8 Å². The van der Waals surface area contributed by atoms with Gasteiger partial charge in [-0.1, -0.05) is 18.2 Å². The number of amides is 1. The fraction of sp³-hybridized carbons (Fsp3) is 0.176. The zero-order valence-corrected chi connectivity index (χ0v) is 11.8. The van der Waals surface area contributed by atoms with Crippen molar-refractivity contribution in [3.8, 4) is 0 Å². The van der Waals surface area contributed by atoms with Crippen LogP contribution in [0.1, 0.15) is 24.1 Å². The fourth-order valence-electron chi connectivity index (χ4n) is 2.48. The van der Waals surface area contributed by atoms with Crippen LogP contribution in [0.4, 0.5) is 0 Å². The Labute approximate surface area is 123 Å². The van der Waals surface area contributed by atoms with Crippen molar-refractivity contribution in [2.45, 2.75) is 19.4 Å². The molecular weight excluding hydrogens is 262 g/mol. The second-order valence-electron chi connectivity index (χ2n) is 5.11. The third kappa shape index (κ3) is 2.94. The van der Waals surface area contributed by atoms with Gasteiger partial charge in [-0.2, -0.15) is 0 Å². The molecule has 2 aromatic heterocycles. The van der Waals surface area contributed by atoms with E-state index in [9.17, 15) is 4.79 Å². The molecule has 1 atom stereocenters. The second kappa shape index (κ2) is 5.79. The lowest BCUT2D eigenvalue weighted by Crippen LogP contribution is -2.28. The van der Waals surface area contributed by atoms with Gasteiger partial charge in [-0.05, 0) is 36.2 Å². The molecule has 0 fully saturated rings. The number of pyridine rings is 1. The van der Waals surface area contributed by atoms with Crippen molar-refractivity contribution in [1.82, 2.24) is 15.3 Å². The van der Waals surface area contributed by atoms with Crippen LogP contribution in [0.25, 0.3) is 10.9 Å². The molecule has 1 aromatic carbocycles. The van der Waals surface area contributed by atoms with E-state index in [-0.39, 0.29) is 11.9 Å². The predicted molar refractivity (Wildman–Crippen MR) is 82.8 cm³/mol. The van der Waals surface area contributed by atoms with Crippen molar-refractivity contribution in [2.24, 2.45) is 0 Å². The van der Waals surface area contributed by atoms with Crippen LogP contribution in [-0.4, -0.2) is 15.9 Å². The number of hydrogen-bond donors (Lipinski definition) is 2. The molecule has 0 aliphatic carbocycles. The van der Waals surface area contributed by atoms with Gasteiger partial charge in [0, 0.05) is 29.5 Å². The number of fused-ring (bicyclic) bond motifs is 1.